The Hall–Kier alpha value is -2.60. The summed E-state index contributed by atoms with van der Waals surface area (Å²) in [5, 5.41) is 1.07. The molecular formula is C29H41FN4O2Si. The number of halogens is 1. The Balaban J connectivity index is 1.59. The quantitative estimate of drug-likeness (QED) is 0.258. The summed E-state index contributed by atoms with van der Waals surface area (Å²) in [6.45, 7) is 13.6. The second-order valence-corrected chi connectivity index (χ2v) is 16.8. The zero-order chi connectivity index (χ0) is 26.4. The molecule has 0 bridgehead atoms. The first-order valence-electron chi connectivity index (χ1n) is 13.3. The van der Waals surface area contributed by atoms with Crippen LogP contribution < -0.4 is 4.90 Å². The Bertz CT molecular complexity index is 1180. The van der Waals surface area contributed by atoms with Gasteiger partial charge in [-0.05, 0) is 42.2 Å². The van der Waals surface area contributed by atoms with E-state index in [2.05, 4.69) is 84.3 Å². The van der Waals surface area contributed by atoms with Crippen LogP contribution in [0.2, 0.25) is 25.7 Å². The summed E-state index contributed by atoms with van der Waals surface area (Å²) in [4.78, 5) is 9.26. The lowest BCUT2D eigenvalue weighted by Crippen LogP contribution is -2.36. The summed E-state index contributed by atoms with van der Waals surface area (Å²) >= 11 is 0. The molecule has 8 heteroatoms. The van der Waals surface area contributed by atoms with E-state index >= 15 is 0 Å². The maximum Gasteiger partial charge on any atom is 0.145 e. The minimum absolute atomic E-state index is 0.0960. The number of hydrogen-bond acceptors (Lipinski definition) is 5. The molecule has 0 N–H and O–H groups in total. The van der Waals surface area contributed by atoms with Gasteiger partial charge in [0, 0.05) is 58.4 Å². The normalized spacial score (nSPS) is 20.1. The van der Waals surface area contributed by atoms with Crippen molar-refractivity contribution in [1.29, 1.82) is 0 Å². The molecule has 0 amide bonds. The molecule has 2 aromatic rings. The first-order chi connectivity index (χ1) is 17.7. The minimum atomic E-state index is -1.18. The molecule has 4 rings (SSSR count). The van der Waals surface area contributed by atoms with Gasteiger partial charge in [-0.3, -0.25) is 4.57 Å². The SMILES string of the molecule is CC1C=C(N(C)CCF)C=CC1C#Cc1cc2ccc(N3CCOCC3)nc2n1COCC[Si](C)(C)C. The maximum atomic E-state index is 12.8. The van der Waals surface area contributed by atoms with Crippen molar-refractivity contribution in [3.63, 3.8) is 0 Å². The highest BCUT2D eigenvalue weighted by molar-refractivity contribution is 6.76. The molecule has 0 spiro atoms. The number of ether oxygens (including phenoxy) is 2. The zero-order valence-corrected chi connectivity index (χ0v) is 24.0. The minimum Gasteiger partial charge on any atom is -0.378 e. The van der Waals surface area contributed by atoms with Crippen LogP contribution >= 0.6 is 0 Å². The van der Waals surface area contributed by atoms with Crippen molar-refractivity contribution in [2.24, 2.45) is 11.8 Å². The smallest absolute Gasteiger partial charge is 0.145 e. The van der Waals surface area contributed by atoms with Crippen LogP contribution in [0.4, 0.5) is 10.2 Å². The van der Waals surface area contributed by atoms with Crippen LogP contribution in [0.25, 0.3) is 11.0 Å². The lowest BCUT2D eigenvalue weighted by molar-refractivity contribution is 0.0894. The van der Waals surface area contributed by atoms with E-state index in [0.29, 0.717) is 13.3 Å². The number of nitrogens with zero attached hydrogens (tertiary/aromatic N) is 4. The van der Waals surface area contributed by atoms with E-state index in [9.17, 15) is 4.39 Å². The largest absolute Gasteiger partial charge is 0.378 e. The number of morpholine rings is 1. The fraction of sp³-hybridized carbons (Fsp3) is 0.552. The molecule has 0 saturated carbocycles. The number of likely N-dealkylation sites (N-methyl/N-ethyl adjacent to an activating group) is 1. The van der Waals surface area contributed by atoms with Gasteiger partial charge >= 0.3 is 0 Å². The van der Waals surface area contributed by atoms with Crippen molar-refractivity contribution >= 4 is 24.9 Å². The molecule has 200 valence electrons. The van der Waals surface area contributed by atoms with Gasteiger partial charge in [-0.2, -0.15) is 0 Å². The topological polar surface area (TPSA) is 42.8 Å². The standard InChI is InChI=1S/C29H41FN4O2Si/c1-23-20-26(32(2)13-12-30)9-6-24(23)7-10-27-21-25-8-11-28(33-14-16-35-17-15-33)31-29(25)34(27)22-36-18-19-37(3,4)5/h6,8-9,11,20-21,23-24H,12-19,22H2,1-5H3. The van der Waals surface area contributed by atoms with Crippen molar-refractivity contribution in [1.82, 2.24) is 14.5 Å². The highest BCUT2D eigenvalue weighted by Crippen LogP contribution is 2.26. The number of aromatic nitrogens is 2. The third-order valence-corrected chi connectivity index (χ3v) is 8.69. The van der Waals surface area contributed by atoms with Crippen molar-refractivity contribution < 1.29 is 13.9 Å². The molecule has 2 aromatic heterocycles. The van der Waals surface area contributed by atoms with E-state index in [0.717, 1.165) is 67.2 Å². The molecule has 6 nitrogen and oxygen atoms in total. The number of alkyl halides is 1. The van der Waals surface area contributed by atoms with E-state index in [1.165, 1.54) is 0 Å². The molecular weight excluding hydrogens is 483 g/mol. The molecule has 3 heterocycles. The monoisotopic (exact) mass is 524 g/mol. The molecule has 0 aromatic carbocycles. The van der Waals surface area contributed by atoms with Crippen molar-refractivity contribution in [3.8, 4) is 11.8 Å². The van der Waals surface area contributed by atoms with Gasteiger partial charge in [-0.25, -0.2) is 9.37 Å². The predicted octanol–water partition coefficient (Wildman–Crippen LogP) is 5.14. The van der Waals surface area contributed by atoms with Crippen LogP contribution in [0.5, 0.6) is 0 Å². The number of fused-ring (bicyclic) bond motifs is 1. The van der Waals surface area contributed by atoms with E-state index in [1.54, 1.807) is 0 Å². The number of pyridine rings is 1. The second-order valence-electron chi connectivity index (χ2n) is 11.2. The molecule has 1 aliphatic carbocycles. The van der Waals surface area contributed by atoms with Crippen molar-refractivity contribution in [2.75, 3.05) is 58.1 Å². The Morgan fingerprint density at radius 3 is 2.73 bits per heavy atom. The van der Waals surface area contributed by atoms with Crippen LogP contribution in [0.3, 0.4) is 0 Å². The zero-order valence-electron chi connectivity index (χ0n) is 23.0. The van der Waals surface area contributed by atoms with Gasteiger partial charge in [0.2, 0.25) is 0 Å². The highest BCUT2D eigenvalue weighted by atomic mass is 28.3. The van der Waals surface area contributed by atoms with Crippen molar-refractivity contribution in [2.45, 2.75) is 39.3 Å². The van der Waals surface area contributed by atoms with Crippen LogP contribution in [0, 0.1) is 23.7 Å². The summed E-state index contributed by atoms with van der Waals surface area (Å²) < 4.78 is 26.6. The molecule has 2 aliphatic rings. The first-order valence-corrected chi connectivity index (χ1v) is 17.1. The van der Waals surface area contributed by atoms with Gasteiger partial charge in [0.1, 0.15) is 24.9 Å². The first kappa shape index (κ1) is 27.4. The lowest BCUT2D eigenvalue weighted by Gasteiger charge is -2.27. The van der Waals surface area contributed by atoms with Gasteiger partial charge in [-0.1, -0.05) is 44.6 Å². The molecule has 1 fully saturated rings. The summed E-state index contributed by atoms with van der Waals surface area (Å²) in [7, 11) is 0.747. The molecule has 1 saturated heterocycles. The summed E-state index contributed by atoms with van der Waals surface area (Å²) in [6, 6.07) is 7.46. The number of rotatable bonds is 9. The number of anilines is 1. The third kappa shape index (κ3) is 7.25. The Labute approximate surface area is 222 Å². The van der Waals surface area contributed by atoms with Crippen LogP contribution in [-0.2, 0) is 16.2 Å². The van der Waals surface area contributed by atoms with Crippen LogP contribution in [0.15, 0.2) is 42.1 Å². The number of allylic oxidation sites excluding steroid dienone is 3. The van der Waals surface area contributed by atoms with Gasteiger partial charge in [0.05, 0.1) is 18.9 Å². The third-order valence-electron chi connectivity index (χ3n) is 6.98. The molecule has 37 heavy (non-hydrogen) atoms. The Kier molecular flexibility index (Phi) is 9.11. The number of hydrogen-bond donors (Lipinski definition) is 0. The van der Waals surface area contributed by atoms with E-state index in [4.69, 9.17) is 14.5 Å². The maximum absolute atomic E-state index is 12.8. The average molecular weight is 525 g/mol. The predicted molar refractivity (Wildman–Crippen MR) is 152 cm³/mol. The van der Waals surface area contributed by atoms with E-state index in [1.807, 2.05) is 11.9 Å². The molecule has 2 atom stereocenters. The van der Waals surface area contributed by atoms with Gasteiger partial charge in [0.25, 0.3) is 0 Å². The fourth-order valence-electron chi connectivity index (χ4n) is 4.51. The second kappa shape index (κ2) is 12.3. The van der Waals surface area contributed by atoms with Crippen LogP contribution in [-0.4, -0.2) is 75.7 Å². The summed E-state index contributed by atoms with van der Waals surface area (Å²) in [6.07, 6.45) is 6.37. The Morgan fingerprint density at radius 1 is 1.24 bits per heavy atom. The molecule has 2 unspecified atom stereocenters. The summed E-state index contributed by atoms with van der Waals surface area (Å²) in [5.74, 6) is 8.22. The highest BCUT2D eigenvalue weighted by Gasteiger charge is 2.19. The van der Waals surface area contributed by atoms with Gasteiger partial charge < -0.3 is 19.3 Å². The van der Waals surface area contributed by atoms with Crippen LogP contribution in [0.1, 0.15) is 12.6 Å². The van der Waals surface area contributed by atoms with Gasteiger partial charge in [0.15, 0.2) is 0 Å². The Morgan fingerprint density at radius 2 is 2.03 bits per heavy atom. The summed E-state index contributed by atoms with van der Waals surface area (Å²) in [5.41, 5.74) is 2.87. The van der Waals surface area contributed by atoms with Crippen molar-refractivity contribution in [3.05, 3.63) is 47.8 Å². The van der Waals surface area contributed by atoms with Gasteiger partial charge in [-0.15, -0.1) is 0 Å². The lowest BCUT2D eigenvalue weighted by atomic mass is 9.89. The van der Waals surface area contributed by atoms with E-state index in [-0.39, 0.29) is 18.5 Å². The van der Waals surface area contributed by atoms with E-state index < -0.39 is 8.07 Å². The fourth-order valence-corrected chi connectivity index (χ4v) is 5.26. The molecule has 1 aliphatic heterocycles. The average Bonchev–Trinajstić information content (AvgIpc) is 3.22. The molecule has 0 radical (unpaired) electrons.